The standard InChI is InChI=1S/C20H24N2O8S/c1-4-30-20(23)11-12-21(14-15-5-10-18(28-2)19(13-15)29-3)31(26,27)17-8-6-16(7-9-17)22(24)25/h5-10,13H,4,11-12,14H2,1-3H3. The number of nitro groups is 1. The molecule has 0 N–H and O–H groups in total. The van der Waals surface area contributed by atoms with E-state index in [0.717, 1.165) is 16.4 Å². The lowest BCUT2D eigenvalue weighted by Crippen LogP contribution is -2.33. The summed E-state index contributed by atoms with van der Waals surface area (Å²) in [7, 11) is -1.10. The molecule has 31 heavy (non-hydrogen) atoms. The molecule has 0 aromatic heterocycles. The van der Waals surface area contributed by atoms with Gasteiger partial charge in [-0.3, -0.25) is 14.9 Å². The van der Waals surface area contributed by atoms with Gasteiger partial charge in [-0.25, -0.2) is 8.42 Å². The smallest absolute Gasteiger partial charge is 0.307 e. The topological polar surface area (TPSA) is 125 Å². The average molecular weight is 452 g/mol. The van der Waals surface area contributed by atoms with E-state index in [-0.39, 0.29) is 36.7 Å². The van der Waals surface area contributed by atoms with Crippen LogP contribution in [0.3, 0.4) is 0 Å². The fraction of sp³-hybridized carbons (Fsp3) is 0.350. The third-order valence-electron chi connectivity index (χ3n) is 4.36. The van der Waals surface area contributed by atoms with Gasteiger partial charge in [0.2, 0.25) is 10.0 Å². The molecule has 0 spiro atoms. The summed E-state index contributed by atoms with van der Waals surface area (Å²) < 4.78 is 42.9. The highest BCUT2D eigenvalue weighted by Gasteiger charge is 2.26. The normalized spacial score (nSPS) is 11.2. The molecular formula is C20H24N2O8S. The molecule has 2 aromatic rings. The Morgan fingerprint density at radius 1 is 1.06 bits per heavy atom. The van der Waals surface area contributed by atoms with Gasteiger partial charge in [0, 0.05) is 25.2 Å². The molecule has 2 aromatic carbocycles. The van der Waals surface area contributed by atoms with Gasteiger partial charge in [-0.15, -0.1) is 0 Å². The van der Waals surface area contributed by atoms with Crippen molar-refractivity contribution < 1.29 is 32.3 Å². The van der Waals surface area contributed by atoms with Gasteiger partial charge in [-0.1, -0.05) is 6.07 Å². The molecule has 0 saturated heterocycles. The lowest BCUT2D eigenvalue weighted by atomic mass is 10.2. The van der Waals surface area contributed by atoms with E-state index < -0.39 is 20.9 Å². The second kappa shape index (κ2) is 10.7. The summed E-state index contributed by atoms with van der Waals surface area (Å²) in [6, 6.07) is 9.54. The molecule has 11 heteroatoms. The summed E-state index contributed by atoms with van der Waals surface area (Å²) in [4.78, 5) is 21.9. The minimum atomic E-state index is -4.06. The van der Waals surface area contributed by atoms with Gasteiger partial charge in [-0.2, -0.15) is 4.31 Å². The Labute approximate surface area is 180 Å². The molecule has 0 aliphatic carbocycles. The maximum atomic E-state index is 13.2. The first-order valence-electron chi connectivity index (χ1n) is 9.34. The molecule has 10 nitrogen and oxygen atoms in total. The molecule has 0 radical (unpaired) electrons. The van der Waals surface area contributed by atoms with Crippen LogP contribution in [-0.2, 0) is 26.1 Å². The van der Waals surface area contributed by atoms with Crippen molar-refractivity contribution >= 4 is 21.7 Å². The summed E-state index contributed by atoms with van der Waals surface area (Å²) in [6.07, 6.45) is -0.145. The SMILES string of the molecule is CCOC(=O)CCN(Cc1ccc(OC)c(OC)c1)S(=O)(=O)c1ccc([N+](=O)[O-])cc1. The van der Waals surface area contributed by atoms with E-state index in [2.05, 4.69) is 0 Å². The van der Waals surface area contributed by atoms with Crippen LogP contribution >= 0.6 is 0 Å². The molecule has 0 aliphatic rings. The summed E-state index contributed by atoms with van der Waals surface area (Å²) in [5.41, 5.74) is 0.379. The van der Waals surface area contributed by atoms with Crippen molar-refractivity contribution in [3.8, 4) is 11.5 Å². The molecule has 0 fully saturated rings. The van der Waals surface area contributed by atoms with Gasteiger partial charge in [0.1, 0.15) is 0 Å². The van der Waals surface area contributed by atoms with Crippen LogP contribution in [0.4, 0.5) is 5.69 Å². The van der Waals surface area contributed by atoms with Gasteiger partial charge < -0.3 is 14.2 Å². The first-order chi connectivity index (χ1) is 14.7. The molecule has 0 unspecified atom stereocenters. The fourth-order valence-corrected chi connectivity index (χ4v) is 4.23. The number of methoxy groups -OCH3 is 2. The van der Waals surface area contributed by atoms with E-state index in [1.54, 1.807) is 25.1 Å². The van der Waals surface area contributed by atoms with Gasteiger partial charge in [0.25, 0.3) is 5.69 Å². The number of esters is 1. The Morgan fingerprint density at radius 2 is 1.71 bits per heavy atom. The van der Waals surface area contributed by atoms with E-state index in [4.69, 9.17) is 14.2 Å². The van der Waals surface area contributed by atoms with Crippen LogP contribution in [0.15, 0.2) is 47.4 Å². The van der Waals surface area contributed by atoms with Crippen LogP contribution in [0.2, 0.25) is 0 Å². The van der Waals surface area contributed by atoms with Crippen molar-refractivity contribution in [2.45, 2.75) is 24.8 Å². The number of hydrogen-bond acceptors (Lipinski definition) is 8. The number of nitro benzene ring substituents is 1. The quantitative estimate of drug-likeness (QED) is 0.289. The van der Waals surface area contributed by atoms with Crippen LogP contribution in [0.5, 0.6) is 11.5 Å². The summed E-state index contributed by atoms with van der Waals surface area (Å²) in [5, 5.41) is 10.9. The van der Waals surface area contributed by atoms with Gasteiger partial charge >= 0.3 is 5.97 Å². The highest BCUT2D eigenvalue weighted by atomic mass is 32.2. The Morgan fingerprint density at radius 3 is 2.26 bits per heavy atom. The molecule has 0 amide bonds. The Bertz CT molecular complexity index is 1020. The number of ether oxygens (including phenoxy) is 3. The monoisotopic (exact) mass is 452 g/mol. The van der Waals surface area contributed by atoms with Crippen molar-refractivity contribution in [2.75, 3.05) is 27.4 Å². The number of non-ortho nitro benzene ring substituents is 1. The minimum Gasteiger partial charge on any atom is -0.493 e. The zero-order valence-corrected chi connectivity index (χ0v) is 18.3. The zero-order valence-electron chi connectivity index (χ0n) is 17.4. The van der Waals surface area contributed by atoms with Gasteiger partial charge in [-0.05, 0) is 36.8 Å². The summed E-state index contributed by atoms with van der Waals surface area (Å²) in [5.74, 6) is 0.388. The number of carbonyl (C=O) groups excluding carboxylic acids is 1. The van der Waals surface area contributed by atoms with Crippen molar-refractivity contribution in [1.82, 2.24) is 4.31 Å². The first-order valence-corrected chi connectivity index (χ1v) is 10.8. The molecule has 2 rings (SSSR count). The first kappa shape index (κ1) is 24.1. The molecule has 168 valence electrons. The van der Waals surface area contributed by atoms with Crippen molar-refractivity contribution in [3.05, 3.63) is 58.1 Å². The van der Waals surface area contributed by atoms with Crippen molar-refractivity contribution in [3.63, 3.8) is 0 Å². The van der Waals surface area contributed by atoms with Crippen molar-refractivity contribution in [1.29, 1.82) is 0 Å². The maximum absolute atomic E-state index is 13.2. The average Bonchev–Trinajstić information content (AvgIpc) is 2.76. The highest BCUT2D eigenvalue weighted by Crippen LogP contribution is 2.29. The zero-order chi connectivity index (χ0) is 23.0. The van der Waals surface area contributed by atoms with Crippen molar-refractivity contribution in [2.24, 2.45) is 0 Å². The molecular weight excluding hydrogens is 428 g/mol. The lowest BCUT2D eigenvalue weighted by molar-refractivity contribution is -0.384. The van der Waals surface area contributed by atoms with Crippen LogP contribution in [0.25, 0.3) is 0 Å². The Kier molecular flexibility index (Phi) is 8.34. The number of carbonyl (C=O) groups is 1. The van der Waals surface area contributed by atoms with E-state index in [1.165, 1.54) is 26.4 Å². The lowest BCUT2D eigenvalue weighted by Gasteiger charge is -2.22. The summed E-state index contributed by atoms with van der Waals surface area (Å²) >= 11 is 0. The predicted molar refractivity (Wildman–Crippen MR) is 111 cm³/mol. The Hall–Kier alpha value is -3.18. The van der Waals surface area contributed by atoms with E-state index >= 15 is 0 Å². The van der Waals surface area contributed by atoms with Crippen LogP contribution in [0, 0.1) is 10.1 Å². The van der Waals surface area contributed by atoms with Gasteiger partial charge in [0.15, 0.2) is 11.5 Å². The van der Waals surface area contributed by atoms with Gasteiger partial charge in [0.05, 0.1) is 37.1 Å². The fourth-order valence-electron chi connectivity index (χ4n) is 2.80. The molecule has 0 atom stereocenters. The van der Waals surface area contributed by atoms with E-state index in [0.29, 0.717) is 17.1 Å². The van der Waals surface area contributed by atoms with Crippen LogP contribution in [-0.4, -0.2) is 51.0 Å². The number of rotatable bonds is 11. The maximum Gasteiger partial charge on any atom is 0.307 e. The van der Waals surface area contributed by atoms with E-state index in [1.807, 2.05) is 0 Å². The Balaban J connectivity index is 2.37. The predicted octanol–water partition coefficient (Wildman–Crippen LogP) is 2.76. The molecule has 0 bridgehead atoms. The summed E-state index contributed by atoms with van der Waals surface area (Å²) in [6.45, 7) is 1.65. The second-order valence-corrected chi connectivity index (χ2v) is 8.27. The third-order valence-corrected chi connectivity index (χ3v) is 6.22. The third kappa shape index (κ3) is 6.15. The molecule has 0 saturated carbocycles. The second-order valence-electron chi connectivity index (χ2n) is 6.33. The number of nitrogens with zero attached hydrogens (tertiary/aromatic N) is 2. The van der Waals surface area contributed by atoms with Crippen LogP contribution < -0.4 is 9.47 Å². The van der Waals surface area contributed by atoms with E-state index in [9.17, 15) is 23.3 Å². The number of hydrogen-bond donors (Lipinski definition) is 0. The number of sulfonamides is 1. The minimum absolute atomic E-state index is 0.0565. The van der Waals surface area contributed by atoms with Crippen LogP contribution in [0.1, 0.15) is 18.9 Å². The number of benzene rings is 2. The molecule has 0 aliphatic heterocycles. The highest BCUT2D eigenvalue weighted by molar-refractivity contribution is 7.89. The largest absolute Gasteiger partial charge is 0.493 e. The molecule has 0 heterocycles.